The third-order valence-corrected chi connectivity index (χ3v) is 3.27. The van der Waals surface area contributed by atoms with Gasteiger partial charge in [0.1, 0.15) is 5.82 Å². The number of hydrogen-bond acceptors (Lipinski definition) is 3. The van der Waals surface area contributed by atoms with Gasteiger partial charge in [-0.3, -0.25) is 0 Å². The van der Waals surface area contributed by atoms with Gasteiger partial charge in [-0.25, -0.2) is 14.2 Å². The topological polar surface area (TPSA) is 50.2 Å². The maximum absolute atomic E-state index is 12.9. The quantitative estimate of drug-likeness (QED) is 0.860. The van der Waals surface area contributed by atoms with E-state index in [4.69, 9.17) is 5.11 Å². The van der Waals surface area contributed by atoms with Gasteiger partial charge < -0.3 is 5.11 Å². The van der Waals surface area contributed by atoms with Crippen molar-refractivity contribution in [2.24, 2.45) is 0 Å². The number of carbonyl (C=O) groups is 1. The van der Waals surface area contributed by atoms with Crippen LogP contribution in [-0.4, -0.2) is 16.1 Å². The first-order chi connectivity index (χ1) is 8.65. The number of aromatic carboxylic acids is 1. The Hall–Kier alpha value is -1.88. The summed E-state index contributed by atoms with van der Waals surface area (Å²) < 4.78 is 12.9. The first-order valence-electron chi connectivity index (χ1n) is 5.22. The van der Waals surface area contributed by atoms with Gasteiger partial charge in [-0.05, 0) is 29.8 Å². The maximum atomic E-state index is 12.9. The monoisotopic (exact) mass is 263 g/mol. The minimum Gasteiger partial charge on any atom is -0.478 e. The molecule has 0 unspecified atom stereocenters. The molecule has 18 heavy (non-hydrogen) atoms. The van der Waals surface area contributed by atoms with Crippen molar-refractivity contribution in [1.29, 1.82) is 0 Å². The summed E-state index contributed by atoms with van der Waals surface area (Å²) in [5.74, 6) is -0.663. The van der Waals surface area contributed by atoms with Gasteiger partial charge in [-0.1, -0.05) is 12.1 Å². The van der Waals surface area contributed by atoms with Gasteiger partial charge in [-0.15, -0.1) is 11.8 Å². The molecule has 5 heteroatoms. The molecular formula is C13H10FNO2S. The maximum Gasteiger partial charge on any atom is 0.337 e. The number of halogens is 1. The molecule has 3 nitrogen and oxygen atoms in total. The summed E-state index contributed by atoms with van der Waals surface area (Å²) in [7, 11) is 0. The Morgan fingerprint density at radius 3 is 2.78 bits per heavy atom. The number of benzene rings is 1. The molecule has 2 rings (SSSR count). The zero-order chi connectivity index (χ0) is 13.0. The number of hydrogen-bond donors (Lipinski definition) is 1. The van der Waals surface area contributed by atoms with E-state index in [1.807, 2.05) is 6.07 Å². The molecule has 1 N–H and O–H groups in total. The number of thioether (sulfide) groups is 1. The van der Waals surface area contributed by atoms with Crippen LogP contribution in [0.4, 0.5) is 4.39 Å². The molecule has 92 valence electrons. The smallest absolute Gasteiger partial charge is 0.337 e. The van der Waals surface area contributed by atoms with Crippen LogP contribution in [0.25, 0.3) is 0 Å². The van der Waals surface area contributed by atoms with E-state index >= 15 is 0 Å². The molecule has 0 radical (unpaired) electrons. The number of carboxylic acid groups (broad SMARTS) is 1. The van der Waals surface area contributed by atoms with Gasteiger partial charge in [0.05, 0.1) is 10.6 Å². The lowest BCUT2D eigenvalue weighted by atomic mass is 10.2. The molecule has 0 aliphatic heterocycles. The lowest BCUT2D eigenvalue weighted by molar-refractivity contribution is 0.0696. The predicted molar refractivity (Wildman–Crippen MR) is 67.2 cm³/mol. The molecule has 1 aromatic carbocycles. The molecule has 1 aromatic heterocycles. The Morgan fingerprint density at radius 2 is 2.17 bits per heavy atom. The average Bonchev–Trinajstić information content (AvgIpc) is 2.37. The molecule has 0 fully saturated rings. The van der Waals surface area contributed by atoms with Crippen molar-refractivity contribution in [3.8, 4) is 0 Å². The van der Waals surface area contributed by atoms with Gasteiger partial charge in [0.2, 0.25) is 0 Å². The first kappa shape index (κ1) is 12.6. The van der Waals surface area contributed by atoms with Crippen LogP contribution in [0.3, 0.4) is 0 Å². The molecule has 0 atom stereocenters. The highest BCUT2D eigenvalue weighted by Gasteiger charge is 2.03. The Kier molecular flexibility index (Phi) is 3.94. The second-order valence-corrected chi connectivity index (χ2v) is 4.60. The molecule has 0 spiro atoms. The van der Waals surface area contributed by atoms with E-state index in [0.29, 0.717) is 10.8 Å². The van der Waals surface area contributed by atoms with Crippen LogP contribution in [-0.2, 0) is 5.75 Å². The van der Waals surface area contributed by atoms with Crippen molar-refractivity contribution in [3.05, 3.63) is 59.5 Å². The summed E-state index contributed by atoms with van der Waals surface area (Å²) in [5, 5.41) is 9.44. The number of nitrogens with zero attached hydrogens (tertiary/aromatic N) is 1. The summed E-state index contributed by atoms with van der Waals surface area (Å²) in [6, 6.07) is 9.51. The van der Waals surface area contributed by atoms with Crippen LogP contribution in [0.2, 0.25) is 0 Å². The first-order valence-corrected chi connectivity index (χ1v) is 6.20. The van der Waals surface area contributed by atoms with Crippen LogP contribution in [0.5, 0.6) is 0 Å². The number of pyridine rings is 1. The lowest BCUT2D eigenvalue weighted by Crippen LogP contribution is -1.96. The molecule has 0 aliphatic rings. The van der Waals surface area contributed by atoms with E-state index in [1.165, 1.54) is 36.2 Å². The summed E-state index contributed by atoms with van der Waals surface area (Å²) in [5.41, 5.74) is 1.02. The Balaban J connectivity index is 2.00. The van der Waals surface area contributed by atoms with Crippen molar-refractivity contribution in [2.75, 3.05) is 0 Å². The Bertz CT molecular complexity index is 557. The SMILES string of the molecule is O=C(O)c1ccc(SCc2cccc(F)c2)nc1. The molecular weight excluding hydrogens is 253 g/mol. The zero-order valence-electron chi connectivity index (χ0n) is 9.34. The highest BCUT2D eigenvalue weighted by Crippen LogP contribution is 2.21. The minimum absolute atomic E-state index is 0.158. The highest BCUT2D eigenvalue weighted by atomic mass is 32.2. The van der Waals surface area contributed by atoms with Crippen LogP contribution in [0.1, 0.15) is 15.9 Å². The second kappa shape index (κ2) is 5.64. The van der Waals surface area contributed by atoms with Crippen molar-refractivity contribution < 1.29 is 14.3 Å². The van der Waals surface area contributed by atoms with Gasteiger partial charge in [0.25, 0.3) is 0 Å². The normalized spacial score (nSPS) is 10.3. The van der Waals surface area contributed by atoms with Crippen LogP contribution < -0.4 is 0 Å². The molecule has 0 saturated carbocycles. The summed E-state index contributed by atoms with van der Waals surface area (Å²) in [4.78, 5) is 14.7. The van der Waals surface area contributed by atoms with Gasteiger partial charge in [0.15, 0.2) is 0 Å². The second-order valence-electron chi connectivity index (χ2n) is 3.61. The summed E-state index contributed by atoms with van der Waals surface area (Å²) in [6.07, 6.45) is 1.32. The van der Waals surface area contributed by atoms with E-state index < -0.39 is 5.97 Å². The molecule has 0 aliphatic carbocycles. The molecule has 0 bridgehead atoms. The fraction of sp³-hybridized carbons (Fsp3) is 0.0769. The van der Waals surface area contributed by atoms with Gasteiger partial charge in [-0.2, -0.15) is 0 Å². The van der Waals surface area contributed by atoms with Crippen LogP contribution in [0, 0.1) is 5.82 Å². The summed E-state index contributed by atoms with van der Waals surface area (Å²) >= 11 is 1.43. The van der Waals surface area contributed by atoms with Crippen molar-refractivity contribution in [3.63, 3.8) is 0 Å². The van der Waals surface area contributed by atoms with Crippen LogP contribution in [0.15, 0.2) is 47.6 Å². The lowest BCUT2D eigenvalue weighted by Gasteiger charge is -2.02. The molecule has 0 saturated heterocycles. The molecule has 0 amide bonds. The Labute approximate surface area is 108 Å². The number of aromatic nitrogens is 1. The largest absolute Gasteiger partial charge is 0.478 e. The predicted octanol–water partition coefficient (Wildman–Crippen LogP) is 3.21. The third kappa shape index (κ3) is 3.30. The van der Waals surface area contributed by atoms with E-state index in [-0.39, 0.29) is 11.4 Å². The van der Waals surface area contributed by atoms with Crippen LogP contribution >= 0.6 is 11.8 Å². The zero-order valence-corrected chi connectivity index (χ0v) is 10.2. The number of carboxylic acids is 1. The Morgan fingerprint density at radius 1 is 1.33 bits per heavy atom. The van der Waals surface area contributed by atoms with E-state index in [2.05, 4.69) is 4.98 Å². The number of rotatable bonds is 4. The van der Waals surface area contributed by atoms with Crippen molar-refractivity contribution in [2.45, 2.75) is 10.8 Å². The third-order valence-electron chi connectivity index (χ3n) is 2.26. The van der Waals surface area contributed by atoms with Gasteiger partial charge >= 0.3 is 5.97 Å². The molecule has 1 heterocycles. The van der Waals surface area contributed by atoms with Crippen molar-refractivity contribution >= 4 is 17.7 Å². The molecule has 2 aromatic rings. The highest BCUT2D eigenvalue weighted by molar-refractivity contribution is 7.98. The van der Waals surface area contributed by atoms with Crippen molar-refractivity contribution in [1.82, 2.24) is 4.98 Å². The van der Waals surface area contributed by atoms with E-state index in [1.54, 1.807) is 12.1 Å². The average molecular weight is 263 g/mol. The van der Waals surface area contributed by atoms with E-state index in [0.717, 1.165) is 5.56 Å². The summed E-state index contributed by atoms with van der Waals surface area (Å²) in [6.45, 7) is 0. The minimum atomic E-state index is -0.996. The van der Waals surface area contributed by atoms with Gasteiger partial charge in [0, 0.05) is 11.9 Å². The van der Waals surface area contributed by atoms with E-state index in [9.17, 15) is 9.18 Å². The fourth-order valence-electron chi connectivity index (χ4n) is 1.38. The standard InChI is InChI=1S/C13H10FNO2S/c14-11-3-1-2-9(6-11)8-18-12-5-4-10(7-15-12)13(16)17/h1-7H,8H2,(H,16,17). The fourth-order valence-corrected chi connectivity index (χ4v) is 2.16.